The standard InChI is InChI=1S/C22H27N3O4/c1-3-16-11-8-12-17(4-2)20(16)25-19(26)14-29-21(27)18(24-22(23)28)13-15-9-6-5-7-10-15/h5-12,18H,3-4,13-14H2,1-2H3,(H,25,26)(H3,23,24,28)/t18-/m0/s1. The molecule has 0 aliphatic carbocycles. The number of nitrogens with two attached hydrogens (primary N) is 1. The molecular weight excluding hydrogens is 370 g/mol. The highest BCUT2D eigenvalue weighted by Crippen LogP contribution is 2.22. The minimum atomic E-state index is -0.975. The number of benzene rings is 2. The zero-order valence-electron chi connectivity index (χ0n) is 16.7. The van der Waals surface area contributed by atoms with Crippen molar-refractivity contribution in [3.63, 3.8) is 0 Å². The average Bonchev–Trinajstić information content (AvgIpc) is 2.72. The van der Waals surface area contributed by atoms with Crippen LogP contribution in [0.2, 0.25) is 0 Å². The van der Waals surface area contributed by atoms with Gasteiger partial charge in [-0.3, -0.25) is 4.79 Å². The fourth-order valence-corrected chi connectivity index (χ4v) is 3.03. The van der Waals surface area contributed by atoms with Crippen molar-refractivity contribution >= 4 is 23.6 Å². The number of hydrogen-bond acceptors (Lipinski definition) is 4. The van der Waals surface area contributed by atoms with Crippen molar-refractivity contribution in [2.45, 2.75) is 39.2 Å². The molecule has 0 aliphatic rings. The number of urea groups is 1. The fourth-order valence-electron chi connectivity index (χ4n) is 3.03. The van der Waals surface area contributed by atoms with Gasteiger partial charge in [0.15, 0.2) is 6.61 Å². The lowest BCUT2D eigenvalue weighted by molar-refractivity contribution is -0.149. The molecule has 3 amide bonds. The molecule has 154 valence electrons. The van der Waals surface area contributed by atoms with E-state index < -0.39 is 30.6 Å². The van der Waals surface area contributed by atoms with Crippen LogP contribution in [0.1, 0.15) is 30.5 Å². The first kappa shape index (κ1) is 21.9. The predicted octanol–water partition coefficient (Wildman–Crippen LogP) is 2.57. The minimum absolute atomic E-state index is 0.211. The highest BCUT2D eigenvalue weighted by molar-refractivity contribution is 5.95. The molecule has 0 saturated carbocycles. The number of primary amides is 1. The number of hydrogen-bond donors (Lipinski definition) is 3. The second-order valence-corrected chi connectivity index (χ2v) is 6.57. The van der Waals surface area contributed by atoms with Gasteiger partial charge in [-0.15, -0.1) is 0 Å². The first-order chi connectivity index (χ1) is 13.9. The Kier molecular flexibility index (Phi) is 8.21. The molecule has 0 aliphatic heterocycles. The van der Waals surface area contributed by atoms with E-state index in [2.05, 4.69) is 10.6 Å². The molecule has 2 aromatic rings. The van der Waals surface area contributed by atoms with Crippen molar-refractivity contribution in [1.82, 2.24) is 5.32 Å². The zero-order chi connectivity index (χ0) is 21.2. The lowest BCUT2D eigenvalue weighted by atomic mass is 10.0. The van der Waals surface area contributed by atoms with Crippen molar-refractivity contribution in [1.29, 1.82) is 0 Å². The van der Waals surface area contributed by atoms with Gasteiger partial charge in [0.05, 0.1) is 0 Å². The molecule has 0 fully saturated rings. The van der Waals surface area contributed by atoms with Crippen LogP contribution in [0.15, 0.2) is 48.5 Å². The molecule has 7 nitrogen and oxygen atoms in total. The third-order valence-electron chi connectivity index (χ3n) is 4.49. The van der Waals surface area contributed by atoms with Crippen LogP contribution in [0.4, 0.5) is 10.5 Å². The summed E-state index contributed by atoms with van der Waals surface area (Å²) in [5.41, 5.74) is 8.79. The van der Waals surface area contributed by atoms with E-state index in [1.54, 1.807) is 0 Å². The van der Waals surface area contributed by atoms with E-state index >= 15 is 0 Å². The third-order valence-corrected chi connectivity index (χ3v) is 4.49. The summed E-state index contributed by atoms with van der Waals surface area (Å²) in [7, 11) is 0. The second-order valence-electron chi connectivity index (χ2n) is 6.57. The van der Waals surface area contributed by atoms with Crippen molar-refractivity contribution in [2.75, 3.05) is 11.9 Å². The number of para-hydroxylation sites is 1. The van der Waals surface area contributed by atoms with Crippen LogP contribution in [-0.2, 0) is 33.6 Å². The molecule has 2 rings (SSSR count). The molecule has 0 saturated heterocycles. The van der Waals surface area contributed by atoms with Crippen LogP contribution in [0, 0.1) is 0 Å². The zero-order valence-corrected chi connectivity index (χ0v) is 16.7. The molecule has 0 radical (unpaired) electrons. The molecule has 0 bridgehead atoms. The van der Waals surface area contributed by atoms with Gasteiger partial charge >= 0.3 is 12.0 Å². The summed E-state index contributed by atoms with van der Waals surface area (Å²) in [6, 6.07) is 13.2. The van der Waals surface area contributed by atoms with Gasteiger partial charge in [0.2, 0.25) is 0 Å². The molecule has 7 heteroatoms. The van der Waals surface area contributed by atoms with Gasteiger partial charge in [-0.25, -0.2) is 9.59 Å². The molecule has 29 heavy (non-hydrogen) atoms. The van der Waals surface area contributed by atoms with E-state index in [4.69, 9.17) is 10.5 Å². The first-order valence-corrected chi connectivity index (χ1v) is 9.61. The topological polar surface area (TPSA) is 111 Å². The highest BCUT2D eigenvalue weighted by atomic mass is 16.5. The van der Waals surface area contributed by atoms with Crippen molar-refractivity contribution < 1.29 is 19.1 Å². The number of amides is 3. The summed E-state index contributed by atoms with van der Waals surface area (Å²) >= 11 is 0. The maximum Gasteiger partial charge on any atom is 0.329 e. The largest absolute Gasteiger partial charge is 0.454 e. The number of nitrogens with one attached hydrogen (secondary N) is 2. The minimum Gasteiger partial charge on any atom is -0.454 e. The van der Waals surface area contributed by atoms with Crippen molar-refractivity contribution in [2.24, 2.45) is 5.73 Å². The van der Waals surface area contributed by atoms with E-state index in [0.29, 0.717) is 0 Å². The molecule has 4 N–H and O–H groups in total. The van der Waals surface area contributed by atoms with Crippen LogP contribution in [0.3, 0.4) is 0 Å². The number of carbonyl (C=O) groups excluding carboxylic acids is 3. The summed E-state index contributed by atoms with van der Waals surface area (Å²) in [5, 5.41) is 5.21. The Bertz CT molecular complexity index is 830. The van der Waals surface area contributed by atoms with Crippen LogP contribution in [0.25, 0.3) is 0 Å². The number of rotatable bonds is 9. The Balaban J connectivity index is 2.00. The van der Waals surface area contributed by atoms with Gasteiger partial charge in [0.25, 0.3) is 5.91 Å². The summed E-state index contributed by atoms with van der Waals surface area (Å²) < 4.78 is 5.14. The molecule has 0 heterocycles. The van der Waals surface area contributed by atoms with Crippen molar-refractivity contribution in [3.05, 3.63) is 65.2 Å². The smallest absolute Gasteiger partial charge is 0.329 e. The monoisotopic (exact) mass is 397 g/mol. The van der Waals surface area contributed by atoms with Crippen LogP contribution in [0.5, 0.6) is 0 Å². The Morgan fingerprint density at radius 1 is 0.966 bits per heavy atom. The Hall–Kier alpha value is -3.35. The van der Waals surface area contributed by atoms with E-state index in [1.165, 1.54) is 0 Å². The third kappa shape index (κ3) is 6.64. The fraction of sp³-hybridized carbons (Fsp3) is 0.318. The molecule has 0 unspecified atom stereocenters. The van der Waals surface area contributed by atoms with Gasteiger partial charge in [-0.1, -0.05) is 62.4 Å². The van der Waals surface area contributed by atoms with Gasteiger partial charge in [0, 0.05) is 12.1 Å². The lowest BCUT2D eigenvalue weighted by Gasteiger charge is -2.17. The van der Waals surface area contributed by atoms with Gasteiger partial charge in [0.1, 0.15) is 6.04 Å². The quantitative estimate of drug-likeness (QED) is 0.565. The van der Waals surface area contributed by atoms with Gasteiger partial charge < -0.3 is 21.1 Å². The van der Waals surface area contributed by atoms with Crippen molar-refractivity contribution in [3.8, 4) is 0 Å². The molecule has 0 spiro atoms. The van der Waals surface area contributed by atoms with Crippen LogP contribution < -0.4 is 16.4 Å². The summed E-state index contributed by atoms with van der Waals surface area (Å²) in [4.78, 5) is 36.0. The summed E-state index contributed by atoms with van der Waals surface area (Å²) in [5.74, 6) is -1.16. The van der Waals surface area contributed by atoms with Gasteiger partial charge in [-0.2, -0.15) is 0 Å². The number of carbonyl (C=O) groups is 3. The number of anilines is 1. The van der Waals surface area contributed by atoms with Crippen LogP contribution >= 0.6 is 0 Å². The summed E-state index contributed by atoms with van der Waals surface area (Å²) in [6.45, 7) is 3.56. The van der Waals surface area contributed by atoms with E-state index in [9.17, 15) is 14.4 Å². The maximum atomic E-state index is 12.4. The molecule has 1 atom stereocenters. The first-order valence-electron chi connectivity index (χ1n) is 9.61. The second kappa shape index (κ2) is 10.8. The Morgan fingerprint density at radius 3 is 2.14 bits per heavy atom. The number of esters is 1. The maximum absolute atomic E-state index is 12.4. The van der Waals surface area contributed by atoms with Gasteiger partial charge in [-0.05, 0) is 29.5 Å². The highest BCUT2D eigenvalue weighted by Gasteiger charge is 2.23. The van der Waals surface area contributed by atoms with E-state index in [-0.39, 0.29) is 6.42 Å². The van der Waals surface area contributed by atoms with E-state index in [1.807, 2.05) is 62.4 Å². The normalized spacial score (nSPS) is 11.4. The average molecular weight is 397 g/mol. The van der Waals surface area contributed by atoms with Crippen LogP contribution in [-0.4, -0.2) is 30.6 Å². The molecule has 0 aromatic heterocycles. The molecule has 2 aromatic carbocycles. The van der Waals surface area contributed by atoms with E-state index in [0.717, 1.165) is 35.2 Å². The SMILES string of the molecule is CCc1cccc(CC)c1NC(=O)COC(=O)[C@H](Cc1ccccc1)NC(N)=O. The molecular formula is C22H27N3O4. The lowest BCUT2D eigenvalue weighted by Crippen LogP contribution is -2.46. The summed E-state index contributed by atoms with van der Waals surface area (Å²) in [6.07, 6.45) is 1.75. The Labute approximate surface area is 170 Å². The number of aryl methyl sites for hydroxylation is 2. The predicted molar refractivity (Wildman–Crippen MR) is 111 cm³/mol. The number of ether oxygens (including phenoxy) is 1. The Morgan fingerprint density at radius 2 is 1.59 bits per heavy atom.